The molecule has 0 nitrogen and oxygen atoms in total. The van der Waals surface area contributed by atoms with Crippen molar-refractivity contribution in [2.45, 2.75) is 20.8 Å². The third kappa shape index (κ3) is 22.8. The van der Waals surface area contributed by atoms with E-state index in [0.29, 0.717) is 0 Å². The number of hydrogen-bond acceptors (Lipinski definition) is 0. The van der Waals surface area contributed by atoms with Crippen LogP contribution in [-0.4, -0.2) is 0 Å². The molecule has 0 rings (SSSR count). The molecule has 8 heavy (non-hydrogen) atoms. The van der Waals surface area contributed by atoms with E-state index in [9.17, 15) is 0 Å². The van der Waals surface area contributed by atoms with Crippen molar-refractivity contribution >= 4 is 0 Å². The van der Waals surface area contributed by atoms with Gasteiger partial charge in [-0.1, -0.05) is 13.8 Å². The van der Waals surface area contributed by atoms with Gasteiger partial charge in [0.05, 0.1) is 0 Å². The molecular formula is C5H11Y3-. The van der Waals surface area contributed by atoms with Crippen molar-refractivity contribution in [2.24, 2.45) is 5.92 Å². The van der Waals surface area contributed by atoms with Crippen molar-refractivity contribution in [3.8, 4) is 0 Å². The third-order valence-corrected chi connectivity index (χ3v) is 0.667. The Balaban J connectivity index is -0.0000000267. The van der Waals surface area contributed by atoms with E-state index in [0.717, 1.165) is 5.92 Å². The maximum absolute atomic E-state index is 2.17. The van der Waals surface area contributed by atoms with Crippen molar-refractivity contribution < 1.29 is 98.1 Å². The van der Waals surface area contributed by atoms with E-state index in [1.54, 1.807) is 0 Å². The summed E-state index contributed by atoms with van der Waals surface area (Å²) < 4.78 is 0. The molecule has 0 aromatic rings. The van der Waals surface area contributed by atoms with Crippen LogP contribution in [0.2, 0.25) is 0 Å². The maximum Gasteiger partial charge on any atom is 0 e. The molecule has 0 heterocycles. The predicted molar refractivity (Wildman–Crippen MR) is 24.8 cm³/mol. The van der Waals surface area contributed by atoms with Crippen molar-refractivity contribution in [2.75, 3.05) is 0 Å². The molecule has 0 fully saturated rings. The van der Waals surface area contributed by atoms with Crippen LogP contribution in [0.1, 0.15) is 20.8 Å². The Hall–Kier alpha value is 3.31. The fourth-order valence-corrected chi connectivity index (χ4v) is 0. The van der Waals surface area contributed by atoms with Crippen LogP contribution in [0.15, 0.2) is 0 Å². The Morgan fingerprint density at radius 2 is 1.12 bits per heavy atom. The molecule has 0 aromatic heterocycles. The molecule has 0 unspecified atom stereocenters. The van der Waals surface area contributed by atoms with Crippen LogP contribution in [0.5, 0.6) is 0 Å². The van der Waals surface area contributed by atoms with Crippen molar-refractivity contribution in [1.29, 1.82) is 0 Å². The van der Waals surface area contributed by atoms with Crippen LogP contribution in [0.4, 0.5) is 0 Å². The first-order valence-corrected chi connectivity index (χ1v) is 2.07. The molecule has 0 N–H and O–H groups in total. The molecule has 0 spiro atoms. The van der Waals surface area contributed by atoms with Crippen LogP contribution in [-0.2, 0) is 98.1 Å². The maximum atomic E-state index is 2.17. The number of rotatable bonds is 1. The van der Waals surface area contributed by atoms with E-state index < -0.39 is 0 Å². The van der Waals surface area contributed by atoms with Gasteiger partial charge in [0.2, 0.25) is 0 Å². The van der Waals surface area contributed by atoms with Gasteiger partial charge in [0.25, 0.3) is 0 Å². The topological polar surface area (TPSA) is 0 Å². The van der Waals surface area contributed by atoms with Gasteiger partial charge in [0.1, 0.15) is 0 Å². The quantitative estimate of drug-likeness (QED) is 0.641. The number of hydrogen-bond donors (Lipinski definition) is 0. The first-order valence-electron chi connectivity index (χ1n) is 2.07. The SMILES string of the molecule is C[CH-]C(C)C.[Y].[Y].[Y]. The summed E-state index contributed by atoms with van der Waals surface area (Å²) in [5.74, 6) is 0.759. The Labute approximate surface area is 128 Å². The molecule has 0 amide bonds. The van der Waals surface area contributed by atoms with Gasteiger partial charge < -0.3 is 6.42 Å². The zero-order valence-corrected chi connectivity index (χ0v) is 14.4. The summed E-state index contributed by atoms with van der Waals surface area (Å²) in [5, 5.41) is 0. The van der Waals surface area contributed by atoms with E-state index in [1.807, 2.05) is 0 Å². The molecule has 0 aliphatic heterocycles. The van der Waals surface area contributed by atoms with E-state index >= 15 is 0 Å². The molecule has 0 atom stereocenters. The molecule has 41 valence electrons. The molecule has 0 bridgehead atoms. The second-order valence-electron chi connectivity index (χ2n) is 1.58. The second kappa shape index (κ2) is 16.7. The molecule has 0 aromatic carbocycles. The summed E-state index contributed by atoms with van der Waals surface area (Å²) in [7, 11) is 0. The smallest absolute Gasteiger partial charge is 0 e. The summed E-state index contributed by atoms with van der Waals surface area (Å²) in [6.07, 6.45) is 2.17. The van der Waals surface area contributed by atoms with Gasteiger partial charge in [0.15, 0.2) is 0 Å². The molecule has 0 saturated heterocycles. The minimum absolute atomic E-state index is 0. The normalized spacial score (nSPS) is 6.00. The zero-order chi connectivity index (χ0) is 4.28. The third-order valence-electron chi connectivity index (χ3n) is 0.667. The van der Waals surface area contributed by atoms with Crippen LogP contribution < -0.4 is 0 Å². The summed E-state index contributed by atoms with van der Waals surface area (Å²) in [6, 6.07) is 0. The largest absolute Gasteiger partial charge is 0.329 e. The Morgan fingerprint density at radius 1 is 1.00 bits per heavy atom. The summed E-state index contributed by atoms with van der Waals surface area (Å²) in [4.78, 5) is 0. The minimum Gasteiger partial charge on any atom is -0.329 e. The minimum atomic E-state index is 0. The van der Waals surface area contributed by atoms with Gasteiger partial charge in [-0.2, -0.15) is 12.8 Å². The molecule has 0 aliphatic rings. The Kier molecular flexibility index (Phi) is 47.0. The van der Waals surface area contributed by atoms with Gasteiger partial charge in [-0.15, -0.1) is 0 Å². The summed E-state index contributed by atoms with van der Waals surface area (Å²) in [6.45, 7) is 6.41. The molecular weight excluding hydrogens is 327 g/mol. The van der Waals surface area contributed by atoms with Gasteiger partial charge >= 0.3 is 0 Å². The van der Waals surface area contributed by atoms with Gasteiger partial charge in [-0.05, 0) is 0 Å². The Morgan fingerprint density at radius 3 is 1.12 bits per heavy atom. The standard InChI is InChI=1S/C5H11.3Y/c1-4-5(2)3;;;/h4-5H,1-3H3;;;/q-1;;;. The average molecular weight is 338 g/mol. The molecule has 3 radical (unpaired) electrons. The summed E-state index contributed by atoms with van der Waals surface area (Å²) >= 11 is 0. The van der Waals surface area contributed by atoms with Crippen molar-refractivity contribution in [1.82, 2.24) is 0 Å². The predicted octanol–water partition coefficient (Wildman–Crippen LogP) is 1.86. The average Bonchev–Trinajstić information content (AvgIpc) is 1.38. The molecule has 3 heteroatoms. The molecule has 0 saturated carbocycles. The van der Waals surface area contributed by atoms with Crippen LogP contribution >= 0.6 is 0 Å². The van der Waals surface area contributed by atoms with Gasteiger partial charge in [-0.3, -0.25) is 0 Å². The van der Waals surface area contributed by atoms with Crippen LogP contribution in [0.25, 0.3) is 0 Å². The fourth-order valence-electron chi connectivity index (χ4n) is 0. The second-order valence-corrected chi connectivity index (χ2v) is 1.58. The first-order chi connectivity index (χ1) is 2.27. The first kappa shape index (κ1) is 22.5. The van der Waals surface area contributed by atoms with E-state index in [4.69, 9.17) is 0 Å². The van der Waals surface area contributed by atoms with Crippen molar-refractivity contribution in [3.05, 3.63) is 6.42 Å². The van der Waals surface area contributed by atoms with Crippen molar-refractivity contribution in [3.63, 3.8) is 0 Å². The zero-order valence-electron chi connectivity index (χ0n) is 5.89. The Bertz CT molecular complexity index is 21.6. The van der Waals surface area contributed by atoms with E-state index in [1.165, 1.54) is 0 Å². The molecule has 0 aliphatic carbocycles. The fraction of sp³-hybridized carbons (Fsp3) is 0.800. The van der Waals surface area contributed by atoms with Gasteiger partial charge in [-0.25, -0.2) is 0 Å². The van der Waals surface area contributed by atoms with E-state index in [2.05, 4.69) is 27.2 Å². The van der Waals surface area contributed by atoms with Crippen LogP contribution in [0, 0.1) is 12.3 Å². The van der Waals surface area contributed by atoms with Crippen LogP contribution in [0.3, 0.4) is 0 Å². The summed E-state index contributed by atoms with van der Waals surface area (Å²) in [5.41, 5.74) is 0. The van der Waals surface area contributed by atoms with E-state index in [-0.39, 0.29) is 98.1 Å². The van der Waals surface area contributed by atoms with Gasteiger partial charge in [0, 0.05) is 98.1 Å². The monoisotopic (exact) mass is 338 g/mol.